The molecular formula is C23H35N3O2. The van der Waals surface area contributed by atoms with Gasteiger partial charge in [-0.05, 0) is 81.1 Å². The van der Waals surface area contributed by atoms with E-state index < -0.39 is 5.60 Å². The molecule has 0 radical (unpaired) electrons. The summed E-state index contributed by atoms with van der Waals surface area (Å²) in [6.07, 6.45) is 12.6. The molecule has 5 aliphatic carbocycles. The number of fused-ring (bicyclic) bond motifs is 1. The molecule has 1 heterocycles. The SMILES string of the molecule is CCC12CC3CC(O)(C1)CC(C(=O)N(C)Cc1n[nH]c4c1CCCCC4)(C3)C2. The summed E-state index contributed by atoms with van der Waals surface area (Å²) in [5.41, 5.74) is 2.89. The molecule has 1 aromatic heterocycles. The lowest BCUT2D eigenvalue weighted by atomic mass is 9.42. The van der Waals surface area contributed by atoms with Gasteiger partial charge in [0, 0.05) is 12.7 Å². The maximum Gasteiger partial charge on any atom is 0.229 e. The molecule has 4 bridgehead atoms. The third-order valence-corrected chi connectivity index (χ3v) is 8.48. The van der Waals surface area contributed by atoms with E-state index in [-0.39, 0.29) is 16.7 Å². The lowest BCUT2D eigenvalue weighted by Crippen LogP contribution is -2.63. The molecular weight excluding hydrogens is 350 g/mol. The first kappa shape index (κ1) is 18.7. The second kappa shape index (κ2) is 6.32. The maximum absolute atomic E-state index is 13.7. The lowest BCUT2D eigenvalue weighted by molar-refractivity contribution is -0.209. The molecule has 0 spiro atoms. The highest BCUT2D eigenvalue weighted by molar-refractivity contribution is 5.83. The van der Waals surface area contributed by atoms with Crippen molar-refractivity contribution >= 4 is 5.91 Å². The highest BCUT2D eigenvalue weighted by atomic mass is 16.3. The molecule has 154 valence electrons. The Morgan fingerprint density at radius 1 is 1.18 bits per heavy atom. The van der Waals surface area contributed by atoms with Crippen molar-refractivity contribution in [3.63, 3.8) is 0 Å². The van der Waals surface area contributed by atoms with Crippen molar-refractivity contribution in [2.24, 2.45) is 16.7 Å². The van der Waals surface area contributed by atoms with Gasteiger partial charge in [0.2, 0.25) is 5.91 Å². The number of carbonyl (C=O) groups is 1. The maximum atomic E-state index is 13.7. The van der Waals surface area contributed by atoms with Gasteiger partial charge in [0.25, 0.3) is 0 Å². The van der Waals surface area contributed by atoms with Crippen LogP contribution < -0.4 is 0 Å². The van der Waals surface area contributed by atoms with Gasteiger partial charge in [-0.15, -0.1) is 0 Å². The molecule has 4 fully saturated rings. The normalized spacial score (nSPS) is 38.9. The molecule has 0 saturated heterocycles. The summed E-state index contributed by atoms with van der Waals surface area (Å²) >= 11 is 0. The van der Waals surface area contributed by atoms with Crippen LogP contribution in [-0.4, -0.2) is 38.8 Å². The molecule has 4 atom stereocenters. The molecule has 0 aromatic carbocycles. The van der Waals surface area contributed by atoms with Crippen LogP contribution in [0.4, 0.5) is 0 Å². The Bertz CT molecular complexity index is 789. The van der Waals surface area contributed by atoms with Gasteiger partial charge in [-0.1, -0.05) is 19.8 Å². The van der Waals surface area contributed by atoms with Crippen molar-refractivity contribution in [1.29, 1.82) is 0 Å². The standard InChI is InChI=1S/C23H35N3O2/c1-3-21-9-16-10-22(13-21,15-23(28,11-16)14-21)20(27)26(2)12-19-17-7-5-4-6-8-18(17)24-25-19/h16,28H,3-15H2,1-2H3,(H,24,25). The Morgan fingerprint density at radius 2 is 2.00 bits per heavy atom. The van der Waals surface area contributed by atoms with E-state index in [0.717, 1.165) is 50.6 Å². The molecule has 0 aliphatic heterocycles. The van der Waals surface area contributed by atoms with E-state index in [9.17, 15) is 9.90 Å². The summed E-state index contributed by atoms with van der Waals surface area (Å²) in [5.74, 6) is 0.762. The number of hydrogen-bond donors (Lipinski definition) is 2. The van der Waals surface area contributed by atoms with E-state index in [4.69, 9.17) is 0 Å². The minimum atomic E-state index is -0.616. The Balaban J connectivity index is 1.38. The van der Waals surface area contributed by atoms with Crippen LogP contribution in [0.25, 0.3) is 0 Å². The van der Waals surface area contributed by atoms with Crippen molar-refractivity contribution < 1.29 is 9.90 Å². The van der Waals surface area contributed by atoms with E-state index >= 15 is 0 Å². The second-order valence-electron chi connectivity index (χ2n) is 10.7. The summed E-state index contributed by atoms with van der Waals surface area (Å²) < 4.78 is 0. The first-order valence-corrected chi connectivity index (χ1v) is 11.4. The van der Waals surface area contributed by atoms with E-state index in [0.29, 0.717) is 18.9 Å². The van der Waals surface area contributed by atoms with Gasteiger partial charge < -0.3 is 10.0 Å². The summed E-state index contributed by atoms with van der Waals surface area (Å²) in [4.78, 5) is 15.7. The predicted octanol–water partition coefficient (Wildman–Crippen LogP) is 3.75. The number of aryl methyl sites for hydroxylation is 1. The summed E-state index contributed by atoms with van der Waals surface area (Å²) in [7, 11) is 1.95. The van der Waals surface area contributed by atoms with Gasteiger partial charge in [0.15, 0.2) is 0 Å². The third-order valence-electron chi connectivity index (χ3n) is 8.48. The number of aliphatic hydroxyl groups is 1. The number of aromatic amines is 1. The first-order chi connectivity index (χ1) is 13.4. The average molecular weight is 386 g/mol. The molecule has 28 heavy (non-hydrogen) atoms. The molecule has 4 unspecified atom stereocenters. The Kier molecular flexibility index (Phi) is 4.21. The number of aromatic nitrogens is 2. The van der Waals surface area contributed by atoms with Crippen molar-refractivity contribution in [2.75, 3.05) is 7.05 Å². The fourth-order valence-electron chi connectivity index (χ4n) is 7.78. The molecule has 1 aromatic rings. The fraction of sp³-hybridized carbons (Fsp3) is 0.826. The highest BCUT2D eigenvalue weighted by Gasteiger charge is 2.65. The van der Waals surface area contributed by atoms with Crippen molar-refractivity contribution in [2.45, 2.75) is 96.1 Å². The summed E-state index contributed by atoms with van der Waals surface area (Å²) in [6.45, 7) is 2.84. The van der Waals surface area contributed by atoms with Crippen molar-refractivity contribution in [3.05, 3.63) is 17.0 Å². The minimum absolute atomic E-state index is 0.175. The Hall–Kier alpha value is -1.36. The lowest BCUT2D eigenvalue weighted by Gasteiger charge is -2.64. The number of amides is 1. The van der Waals surface area contributed by atoms with Gasteiger partial charge in [-0.2, -0.15) is 5.10 Å². The monoisotopic (exact) mass is 385 g/mol. The minimum Gasteiger partial charge on any atom is -0.390 e. The van der Waals surface area contributed by atoms with Crippen LogP contribution in [0.15, 0.2) is 0 Å². The van der Waals surface area contributed by atoms with Crippen molar-refractivity contribution in [3.8, 4) is 0 Å². The number of hydrogen-bond acceptors (Lipinski definition) is 3. The molecule has 1 amide bonds. The zero-order chi connectivity index (χ0) is 19.6. The third kappa shape index (κ3) is 2.84. The molecule has 4 saturated carbocycles. The van der Waals surface area contributed by atoms with Gasteiger partial charge in [-0.3, -0.25) is 9.89 Å². The van der Waals surface area contributed by atoms with Crippen LogP contribution in [0, 0.1) is 16.7 Å². The predicted molar refractivity (Wildman–Crippen MR) is 108 cm³/mol. The Morgan fingerprint density at radius 3 is 2.79 bits per heavy atom. The average Bonchev–Trinajstić information content (AvgIpc) is 2.86. The Labute approximate surface area is 168 Å². The van der Waals surface area contributed by atoms with Crippen LogP contribution in [0.1, 0.15) is 88.1 Å². The van der Waals surface area contributed by atoms with Crippen LogP contribution in [0.5, 0.6) is 0 Å². The number of H-pyrrole nitrogens is 1. The molecule has 2 N–H and O–H groups in total. The van der Waals surface area contributed by atoms with E-state index in [1.165, 1.54) is 36.9 Å². The molecule has 5 aliphatic rings. The number of nitrogens with one attached hydrogen (secondary N) is 1. The van der Waals surface area contributed by atoms with Crippen LogP contribution in [0.2, 0.25) is 0 Å². The fourth-order valence-corrected chi connectivity index (χ4v) is 7.78. The first-order valence-electron chi connectivity index (χ1n) is 11.4. The zero-order valence-electron chi connectivity index (χ0n) is 17.5. The summed E-state index contributed by atoms with van der Waals surface area (Å²) in [5, 5.41) is 19.1. The van der Waals surface area contributed by atoms with Gasteiger partial charge in [0.05, 0.1) is 23.3 Å². The van der Waals surface area contributed by atoms with E-state index in [2.05, 4.69) is 17.1 Å². The molecule has 5 heteroatoms. The van der Waals surface area contributed by atoms with E-state index in [1.807, 2.05) is 11.9 Å². The van der Waals surface area contributed by atoms with Crippen LogP contribution >= 0.6 is 0 Å². The highest BCUT2D eigenvalue weighted by Crippen LogP contribution is 2.68. The number of rotatable bonds is 4. The zero-order valence-corrected chi connectivity index (χ0v) is 17.5. The second-order valence-corrected chi connectivity index (χ2v) is 10.7. The molecule has 5 nitrogen and oxygen atoms in total. The largest absolute Gasteiger partial charge is 0.390 e. The van der Waals surface area contributed by atoms with Gasteiger partial charge in [0.1, 0.15) is 0 Å². The van der Waals surface area contributed by atoms with Crippen LogP contribution in [0.3, 0.4) is 0 Å². The molecule has 6 rings (SSSR count). The quantitative estimate of drug-likeness (QED) is 0.776. The van der Waals surface area contributed by atoms with Crippen LogP contribution in [-0.2, 0) is 24.2 Å². The van der Waals surface area contributed by atoms with Crippen molar-refractivity contribution in [1.82, 2.24) is 15.1 Å². The number of carbonyl (C=O) groups excluding carboxylic acids is 1. The van der Waals surface area contributed by atoms with Gasteiger partial charge in [-0.25, -0.2) is 0 Å². The number of nitrogens with zero attached hydrogens (tertiary/aromatic N) is 2. The topological polar surface area (TPSA) is 69.2 Å². The summed E-state index contributed by atoms with van der Waals surface area (Å²) in [6, 6.07) is 0. The van der Waals surface area contributed by atoms with Gasteiger partial charge >= 0.3 is 0 Å². The smallest absolute Gasteiger partial charge is 0.229 e. The van der Waals surface area contributed by atoms with E-state index in [1.54, 1.807) is 0 Å².